The molecule has 2 N–H and O–H groups in total. The lowest BCUT2D eigenvalue weighted by molar-refractivity contribution is 0.248. The summed E-state index contributed by atoms with van der Waals surface area (Å²) in [6.07, 6.45) is 0. The fourth-order valence-corrected chi connectivity index (χ4v) is 1.14. The fraction of sp³-hybridized carbons (Fsp3) is 0.500. The first-order valence-electron chi connectivity index (χ1n) is 4.84. The molecule has 0 aliphatic carbocycles. The van der Waals surface area contributed by atoms with Gasteiger partial charge in [0.15, 0.2) is 17.5 Å². The number of aliphatic hydroxyl groups excluding tert-OH is 1. The molecule has 3 nitrogen and oxygen atoms in total. The lowest BCUT2D eigenvalue weighted by Gasteiger charge is -2.20. The van der Waals surface area contributed by atoms with Crippen LogP contribution in [0.3, 0.4) is 0 Å². The van der Waals surface area contributed by atoms with Gasteiger partial charge in [-0.05, 0) is 5.92 Å². The molecule has 1 aromatic heterocycles. The maximum atomic E-state index is 13.2. The van der Waals surface area contributed by atoms with E-state index in [1.807, 2.05) is 0 Å². The summed E-state index contributed by atoms with van der Waals surface area (Å²) in [5, 5.41) is 11.5. The number of nitrogens with zero attached hydrogens (tertiary/aromatic N) is 1. The first-order chi connectivity index (χ1) is 7.45. The molecule has 0 saturated heterocycles. The van der Waals surface area contributed by atoms with Crippen molar-refractivity contribution in [1.29, 1.82) is 0 Å². The maximum Gasteiger partial charge on any atom is 0.251 e. The highest BCUT2D eigenvalue weighted by Gasteiger charge is 2.17. The average molecular weight is 234 g/mol. The van der Waals surface area contributed by atoms with Crippen molar-refractivity contribution in [3.63, 3.8) is 0 Å². The summed E-state index contributed by atoms with van der Waals surface area (Å²) in [7, 11) is 0. The van der Waals surface area contributed by atoms with Crippen molar-refractivity contribution in [2.45, 2.75) is 19.9 Å². The number of hydrogen-bond acceptors (Lipinski definition) is 3. The Kier molecular flexibility index (Phi) is 4.12. The quantitative estimate of drug-likeness (QED) is 0.782. The number of nitrogens with one attached hydrogen (secondary N) is 1. The monoisotopic (exact) mass is 234 g/mol. The molecule has 90 valence electrons. The first-order valence-corrected chi connectivity index (χ1v) is 4.84. The second-order valence-electron chi connectivity index (χ2n) is 3.77. The van der Waals surface area contributed by atoms with Crippen molar-refractivity contribution < 1.29 is 18.3 Å². The van der Waals surface area contributed by atoms with Crippen molar-refractivity contribution in [3.05, 3.63) is 23.6 Å². The van der Waals surface area contributed by atoms with Crippen LogP contribution in [0.2, 0.25) is 0 Å². The zero-order valence-electron chi connectivity index (χ0n) is 8.97. The highest BCUT2D eigenvalue weighted by molar-refractivity contribution is 5.37. The molecular formula is C10H13F3N2O. The number of aromatic nitrogens is 1. The number of rotatable bonds is 4. The van der Waals surface area contributed by atoms with E-state index in [9.17, 15) is 13.2 Å². The second kappa shape index (κ2) is 5.16. The van der Waals surface area contributed by atoms with Crippen LogP contribution in [-0.4, -0.2) is 22.7 Å². The number of pyridine rings is 1. The van der Waals surface area contributed by atoms with Crippen molar-refractivity contribution >= 4 is 5.82 Å². The highest BCUT2D eigenvalue weighted by atomic mass is 19.2. The van der Waals surface area contributed by atoms with E-state index in [4.69, 9.17) is 5.11 Å². The van der Waals surface area contributed by atoms with Gasteiger partial charge < -0.3 is 10.4 Å². The minimum Gasteiger partial charge on any atom is -0.394 e. The highest BCUT2D eigenvalue weighted by Crippen LogP contribution is 2.17. The third kappa shape index (κ3) is 2.85. The Morgan fingerprint density at radius 3 is 2.44 bits per heavy atom. The molecule has 1 unspecified atom stereocenters. The smallest absolute Gasteiger partial charge is 0.251 e. The van der Waals surface area contributed by atoms with Gasteiger partial charge in [-0.3, -0.25) is 0 Å². The van der Waals surface area contributed by atoms with Crippen LogP contribution < -0.4 is 5.32 Å². The molecule has 16 heavy (non-hydrogen) atoms. The fourth-order valence-electron chi connectivity index (χ4n) is 1.14. The largest absolute Gasteiger partial charge is 0.394 e. The summed E-state index contributed by atoms with van der Waals surface area (Å²) in [4.78, 5) is 3.10. The van der Waals surface area contributed by atoms with E-state index in [1.54, 1.807) is 13.8 Å². The van der Waals surface area contributed by atoms with Crippen molar-refractivity contribution in [2.24, 2.45) is 5.92 Å². The van der Waals surface area contributed by atoms with Crippen molar-refractivity contribution in [2.75, 3.05) is 11.9 Å². The van der Waals surface area contributed by atoms with Gasteiger partial charge in [0.05, 0.1) is 12.6 Å². The maximum absolute atomic E-state index is 13.2. The molecule has 0 amide bonds. The van der Waals surface area contributed by atoms with Crippen LogP contribution in [0.25, 0.3) is 0 Å². The Morgan fingerprint density at radius 2 is 1.94 bits per heavy atom. The van der Waals surface area contributed by atoms with E-state index in [-0.39, 0.29) is 12.5 Å². The molecule has 0 aliphatic heterocycles. The zero-order valence-corrected chi connectivity index (χ0v) is 8.97. The normalized spacial score (nSPS) is 12.9. The van der Waals surface area contributed by atoms with Gasteiger partial charge in [-0.1, -0.05) is 13.8 Å². The molecule has 0 saturated carbocycles. The van der Waals surface area contributed by atoms with E-state index in [1.165, 1.54) is 0 Å². The molecule has 1 atom stereocenters. The molecule has 0 radical (unpaired) electrons. The van der Waals surface area contributed by atoms with E-state index >= 15 is 0 Å². The van der Waals surface area contributed by atoms with Gasteiger partial charge in [0.1, 0.15) is 0 Å². The third-order valence-electron chi connectivity index (χ3n) is 2.21. The summed E-state index contributed by atoms with van der Waals surface area (Å²) < 4.78 is 38.5. The van der Waals surface area contributed by atoms with Gasteiger partial charge in [0.25, 0.3) is 5.95 Å². The van der Waals surface area contributed by atoms with Gasteiger partial charge in [0, 0.05) is 6.07 Å². The van der Waals surface area contributed by atoms with E-state index in [2.05, 4.69) is 10.3 Å². The second-order valence-corrected chi connectivity index (χ2v) is 3.77. The molecule has 6 heteroatoms. The minimum absolute atomic E-state index is 0.000635. The summed E-state index contributed by atoms with van der Waals surface area (Å²) in [5.74, 6) is -4.10. The Labute approximate surface area is 91.3 Å². The standard InChI is InChI=1S/C10H13F3N2O/c1-5(2)8(4-16)14-10-7(12)3-6(11)9(13)15-10/h3,5,8,16H,4H2,1-2H3,(H,14,15). The van der Waals surface area contributed by atoms with Gasteiger partial charge in [0.2, 0.25) is 0 Å². The molecule has 1 heterocycles. The van der Waals surface area contributed by atoms with Crippen LogP contribution in [0.1, 0.15) is 13.8 Å². The Hall–Kier alpha value is -1.30. The first kappa shape index (κ1) is 12.8. The van der Waals surface area contributed by atoms with E-state index in [0.717, 1.165) is 0 Å². The molecule has 1 aromatic rings. The lowest BCUT2D eigenvalue weighted by Crippen LogP contribution is -2.30. The Bertz CT molecular complexity index is 371. The number of hydrogen-bond donors (Lipinski definition) is 2. The predicted molar refractivity (Wildman–Crippen MR) is 53.4 cm³/mol. The summed E-state index contributed by atoms with van der Waals surface area (Å²) >= 11 is 0. The van der Waals surface area contributed by atoms with Crippen LogP contribution >= 0.6 is 0 Å². The van der Waals surface area contributed by atoms with Crippen LogP contribution in [0.5, 0.6) is 0 Å². The van der Waals surface area contributed by atoms with Crippen LogP contribution in [0, 0.1) is 23.5 Å². The summed E-state index contributed by atoms with van der Waals surface area (Å²) in [6, 6.07) is -0.0498. The number of aliphatic hydroxyl groups is 1. The number of halogens is 3. The van der Waals surface area contributed by atoms with Gasteiger partial charge >= 0.3 is 0 Å². The zero-order chi connectivity index (χ0) is 12.3. The van der Waals surface area contributed by atoms with Gasteiger partial charge in [-0.15, -0.1) is 0 Å². The molecule has 0 aromatic carbocycles. The molecule has 0 bridgehead atoms. The molecular weight excluding hydrogens is 221 g/mol. The molecule has 0 spiro atoms. The van der Waals surface area contributed by atoms with Crippen LogP contribution in [0.4, 0.5) is 19.0 Å². The van der Waals surface area contributed by atoms with Crippen LogP contribution in [-0.2, 0) is 0 Å². The van der Waals surface area contributed by atoms with Gasteiger partial charge in [-0.2, -0.15) is 9.37 Å². The van der Waals surface area contributed by atoms with E-state index in [0.29, 0.717) is 6.07 Å². The predicted octanol–water partition coefficient (Wildman–Crippen LogP) is 1.93. The third-order valence-corrected chi connectivity index (χ3v) is 2.21. The van der Waals surface area contributed by atoms with Crippen LogP contribution in [0.15, 0.2) is 6.07 Å². The topological polar surface area (TPSA) is 45.1 Å². The number of anilines is 1. The Balaban J connectivity index is 2.92. The van der Waals surface area contributed by atoms with E-state index < -0.39 is 29.4 Å². The minimum atomic E-state index is -1.37. The summed E-state index contributed by atoms with van der Waals surface area (Å²) in [6.45, 7) is 3.34. The molecule has 0 aliphatic rings. The Morgan fingerprint density at radius 1 is 1.31 bits per heavy atom. The lowest BCUT2D eigenvalue weighted by atomic mass is 10.1. The summed E-state index contributed by atoms with van der Waals surface area (Å²) in [5.41, 5.74) is 0. The SMILES string of the molecule is CC(C)C(CO)Nc1nc(F)c(F)cc1F. The molecule has 0 fully saturated rings. The van der Waals surface area contributed by atoms with Gasteiger partial charge in [-0.25, -0.2) is 8.78 Å². The van der Waals surface area contributed by atoms with Crippen molar-refractivity contribution in [3.8, 4) is 0 Å². The molecule has 1 rings (SSSR count). The van der Waals surface area contributed by atoms with Crippen molar-refractivity contribution in [1.82, 2.24) is 4.98 Å². The average Bonchev–Trinajstić information content (AvgIpc) is 2.21.